The fraction of sp³-hybridized carbons (Fsp3) is 0.464. The van der Waals surface area contributed by atoms with Gasteiger partial charge in [0.05, 0.1) is 29.2 Å². The van der Waals surface area contributed by atoms with Crippen LogP contribution in [0, 0.1) is 17.2 Å². The number of likely N-dealkylation sites (tertiary alicyclic amines) is 2. The molecule has 1 amide bonds. The summed E-state index contributed by atoms with van der Waals surface area (Å²) < 4.78 is 50.7. The van der Waals surface area contributed by atoms with E-state index in [-0.39, 0.29) is 53.9 Å². The first kappa shape index (κ1) is 31.0. The highest BCUT2D eigenvalue weighted by Gasteiger charge is 2.63. The monoisotopic (exact) mass is 639 g/mol. The Morgan fingerprint density at radius 1 is 1.33 bits per heavy atom. The van der Waals surface area contributed by atoms with Gasteiger partial charge in [-0.05, 0) is 38.5 Å². The standard InChI is InChI=1S/C28H29ClF3N5O5S/c1-4-42-25(39)19-17(34-22(23-33-7-8-43-23)35-21(19)14-5-6-15(29)16(30)9-14)10-36-13-28(31,32)20-18(36)11-37(24(20)38)12-27(2,3)26(40)41/h5-9,18,20-21H,4,10-13H2,1-3H3,(H,34,35)(H,40,41). The van der Waals surface area contributed by atoms with Crippen LogP contribution in [0.3, 0.4) is 0 Å². The lowest BCUT2D eigenvalue weighted by atomic mass is 9.93. The number of aliphatic carboxylic acids is 1. The van der Waals surface area contributed by atoms with Gasteiger partial charge in [-0.25, -0.2) is 22.9 Å². The zero-order valence-electron chi connectivity index (χ0n) is 23.4. The van der Waals surface area contributed by atoms with Gasteiger partial charge >= 0.3 is 11.9 Å². The van der Waals surface area contributed by atoms with Gasteiger partial charge in [0, 0.05) is 43.0 Å². The topological polar surface area (TPSA) is 124 Å². The molecule has 0 spiro atoms. The molecule has 1 aromatic carbocycles. The van der Waals surface area contributed by atoms with Crippen LogP contribution in [0.4, 0.5) is 13.2 Å². The van der Waals surface area contributed by atoms with Crippen LogP contribution >= 0.6 is 22.9 Å². The summed E-state index contributed by atoms with van der Waals surface area (Å²) in [7, 11) is 0. The number of aromatic nitrogens is 1. The van der Waals surface area contributed by atoms with Gasteiger partial charge in [0.2, 0.25) is 5.91 Å². The zero-order valence-corrected chi connectivity index (χ0v) is 25.0. The van der Waals surface area contributed by atoms with Gasteiger partial charge in [0.1, 0.15) is 17.8 Å². The first-order valence-electron chi connectivity index (χ1n) is 13.5. The van der Waals surface area contributed by atoms with Crippen molar-refractivity contribution in [2.45, 2.75) is 38.8 Å². The van der Waals surface area contributed by atoms with Crippen LogP contribution in [0.2, 0.25) is 5.02 Å². The molecule has 0 aliphatic carbocycles. The summed E-state index contributed by atoms with van der Waals surface area (Å²) >= 11 is 7.15. The number of amides is 1. The molecule has 15 heteroatoms. The minimum absolute atomic E-state index is 0.00960. The first-order chi connectivity index (χ1) is 20.2. The maximum atomic E-state index is 15.4. The number of carboxylic acid groups (broad SMARTS) is 1. The summed E-state index contributed by atoms with van der Waals surface area (Å²) in [6.07, 6.45) is 1.55. The fourth-order valence-corrected chi connectivity index (χ4v) is 6.37. The van der Waals surface area contributed by atoms with Gasteiger partial charge in [0.25, 0.3) is 5.92 Å². The molecule has 3 unspecified atom stereocenters. The number of carbonyl (C=O) groups excluding carboxylic acids is 2. The van der Waals surface area contributed by atoms with E-state index in [1.807, 2.05) is 0 Å². The summed E-state index contributed by atoms with van der Waals surface area (Å²) in [5, 5.41) is 14.6. The zero-order chi connectivity index (χ0) is 31.3. The molecule has 5 rings (SSSR count). The number of aliphatic imine (C=N–C) groups is 1. The van der Waals surface area contributed by atoms with Gasteiger partial charge < -0.3 is 20.1 Å². The van der Waals surface area contributed by atoms with E-state index in [1.54, 1.807) is 18.5 Å². The SMILES string of the molecule is CCOC(=O)C1=C(CN2CC(F)(F)C3C(=O)N(CC(C)(C)C(=O)O)CC32)NC(c2nccs2)=NC1c1ccc(Cl)c(F)c1. The number of hydrogen-bond acceptors (Lipinski definition) is 9. The third kappa shape index (κ3) is 5.87. The maximum absolute atomic E-state index is 15.4. The molecule has 2 saturated heterocycles. The average Bonchev–Trinajstić information content (AvgIpc) is 3.63. The number of nitrogens with zero attached hydrogens (tertiary/aromatic N) is 4. The van der Waals surface area contributed by atoms with Crippen molar-refractivity contribution in [2.75, 3.05) is 32.8 Å². The Hall–Kier alpha value is -3.49. The Labute approximate surface area is 254 Å². The molecule has 230 valence electrons. The van der Waals surface area contributed by atoms with Crippen LogP contribution in [-0.2, 0) is 19.1 Å². The molecule has 0 radical (unpaired) electrons. The van der Waals surface area contributed by atoms with Gasteiger partial charge in [0.15, 0.2) is 10.8 Å². The van der Waals surface area contributed by atoms with E-state index in [4.69, 9.17) is 16.3 Å². The van der Waals surface area contributed by atoms with E-state index in [2.05, 4.69) is 15.3 Å². The van der Waals surface area contributed by atoms with E-state index in [0.29, 0.717) is 5.01 Å². The number of amidine groups is 1. The van der Waals surface area contributed by atoms with Crippen LogP contribution in [0.15, 0.2) is 46.0 Å². The molecule has 4 heterocycles. The molecule has 0 saturated carbocycles. The number of thiazole rings is 1. The number of nitrogens with one attached hydrogen (secondary N) is 1. The highest BCUT2D eigenvalue weighted by Crippen LogP contribution is 2.44. The summed E-state index contributed by atoms with van der Waals surface area (Å²) in [6, 6.07) is 1.95. The molecular formula is C28H29ClF3N5O5S. The third-order valence-electron chi connectivity index (χ3n) is 7.75. The molecule has 43 heavy (non-hydrogen) atoms. The molecule has 2 N–H and O–H groups in total. The Morgan fingerprint density at radius 3 is 2.70 bits per heavy atom. The van der Waals surface area contributed by atoms with Crippen molar-refractivity contribution in [3.8, 4) is 0 Å². The van der Waals surface area contributed by atoms with E-state index >= 15 is 8.78 Å². The minimum atomic E-state index is -3.41. The predicted octanol–water partition coefficient (Wildman–Crippen LogP) is 3.73. The largest absolute Gasteiger partial charge is 0.481 e. The quantitative estimate of drug-likeness (QED) is 0.398. The van der Waals surface area contributed by atoms with Crippen molar-refractivity contribution in [3.05, 3.63) is 62.5 Å². The first-order valence-corrected chi connectivity index (χ1v) is 14.7. The Kier molecular flexibility index (Phi) is 8.31. The molecule has 1 aromatic heterocycles. The average molecular weight is 640 g/mol. The number of carboxylic acids is 1. The number of rotatable bonds is 9. The van der Waals surface area contributed by atoms with Crippen LogP contribution in [-0.4, -0.2) is 88.3 Å². The van der Waals surface area contributed by atoms with Crippen LogP contribution in [0.5, 0.6) is 0 Å². The van der Waals surface area contributed by atoms with Gasteiger partial charge in [-0.2, -0.15) is 0 Å². The van der Waals surface area contributed by atoms with Gasteiger partial charge in [-0.15, -0.1) is 11.3 Å². The number of alkyl halides is 2. The van der Waals surface area contributed by atoms with Crippen LogP contribution in [0.1, 0.15) is 37.4 Å². The van der Waals surface area contributed by atoms with E-state index < -0.39 is 59.5 Å². The van der Waals surface area contributed by atoms with Crippen molar-refractivity contribution in [1.29, 1.82) is 0 Å². The normalized spacial score (nSPS) is 23.7. The number of hydrogen-bond donors (Lipinski definition) is 2. The number of ether oxygens (including phenoxy) is 1. The summed E-state index contributed by atoms with van der Waals surface area (Å²) in [4.78, 5) is 49.7. The van der Waals surface area contributed by atoms with E-state index in [9.17, 15) is 23.9 Å². The molecule has 3 aliphatic rings. The number of esters is 1. The fourth-order valence-electron chi connectivity index (χ4n) is 5.66. The van der Waals surface area contributed by atoms with Gasteiger partial charge in [-0.1, -0.05) is 17.7 Å². The number of benzene rings is 1. The van der Waals surface area contributed by atoms with Crippen molar-refractivity contribution in [2.24, 2.45) is 16.3 Å². The lowest BCUT2D eigenvalue weighted by Gasteiger charge is -2.32. The maximum Gasteiger partial charge on any atom is 0.338 e. The molecular weight excluding hydrogens is 611 g/mol. The second kappa shape index (κ2) is 11.5. The van der Waals surface area contributed by atoms with Crippen molar-refractivity contribution in [1.82, 2.24) is 20.1 Å². The second-order valence-electron chi connectivity index (χ2n) is 11.2. The van der Waals surface area contributed by atoms with E-state index in [0.717, 1.165) is 6.07 Å². The lowest BCUT2D eigenvalue weighted by molar-refractivity contribution is -0.150. The molecule has 2 fully saturated rings. The third-order valence-corrected chi connectivity index (χ3v) is 8.84. The highest BCUT2D eigenvalue weighted by molar-refractivity contribution is 7.11. The Bertz CT molecular complexity index is 1520. The number of carbonyl (C=O) groups is 3. The number of halogens is 4. The summed E-state index contributed by atoms with van der Waals surface area (Å²) in [5.74, 6) is -8.33. The second-order valence-corrected chi connectivity index (χ2v) is 12.5. The molecule has 3 aliphatic heterocycles. The summed E-state index contributed by atoms with van der Waals surface area (Å²) in [5.41, 5.74) is -0.893. The van der Waals surface area contributed by atoms with E-state index in [1.165, 1.54) is 47.1 Å². The Morgan fingerprint density at radius 2 is 2.07 bits per heavy atom. The highest BCUT2D eigenvalue weighted by atomic mass is 35.5. The molecule has 10 nitrogen and oxygen atoms in total. The minimum Gasteiger partial charge on any atom is -0.481 e. The van der Waals surface area contributed by atoms with Crippen molar-refractivity contribution in [3.63, 3.8) is 0 Å². The number of fused-ring (bicyclic) bond motifs is 1. The lowest BCUT2D eigenvalue weighted by Crippen LogP contribution is -2.45. The predicted molar refractivity (Wildman–Crippen MR) is 151 cm³/mol. The molecule has 3 atom stereocenters. The molecule has 2 aromatic rings. The van der Waals surface area contributed by atoms with Crippen LogP contribution < -0.4 is 5.32 Å². The smallest absolute Gasteiger partial charge is 0.338 e. The van der Waals surface area contributed by atoms with Crippen molar-refractivity contribution >= 4 is 46.6 Å². The molecule has 0 bridgehead atoms. The Balaban J connectivity index is 1.55. The summed E-state index contributed by atoms with van der Waals surface area (Å²) in [6.45, 7) is 3.12. The van der Waals surface area contributed by atoms with Gasteiger partial charge in [-0.3, -0.25) is 19.5 Å². The van der Waals surface area contributed by atoms with Crippen LogP contribution in [0.25, 0.3) is 0 Å². The van der Waals surface area contributed by atoms with Crippen molar-refractivity contribution < 1.29 is 37.4 Å².